The Hall–Kier alpha value is -1.55. The van der Waals surface area contributed by atoms with Crippen LogP contribution in [0.25, 0.3) is 0 Å². The summed E-state index contributed by atoms with van der Waals surface area (Å²) in [6.45, 7) is 4.44. The Morgan fingerprint density at radius 1 is 1.38 bits per heavy atom. The Morgan fingerprint density at radius 2 is 2.12 bits per heavy atom. The van der Waals surface area contributed by atoms with Crippen molar-refractivity contribution < 1.29 is 9.53 Å². The number of aryl methyl sites for hydroxylation is 1. The predicted molar refractivity (Wildman–Crippen MR) is 63.2 cm³/mol. The number of hydrogen-bond donors (Lipinski definition) is 2. The molecule has 4 heteroatoms. The number of rotatable bonds is 5. The molecule has 88 valence electrons. The van der Waals surface area contributed by atoms with Crippen molar-refractivity contribution in [3.8, 4) is 5.75 Å². The van der Waals surface area contributed by atoms with Gasteiger partial charge in [-0.15, -0.1) is 0 Å². The second-order valence-electron chi connectivity index (χ2n) is 3.59. The van der Waals surface area contributed by atoms with Crippen LogP contribution < -0.4 is 15.6 Å². The predicted octanol–water partition coefficient (Wildman–Crippen LogP) is 1.32. The average molecular weight is 222 g/mol. The fourth-order valence-corrected chi connectivity index (χ4v) is 1.34. The molecule has 0 atom stereocenters. The molecule has 4 nitrogen and oxygen atoms in total. The van der Waals surface area contributed by atoms with Crippen molar-refractivity contribution in [2.24, 2.45) is 0 Å². The average Bonchev–Trinajstić information content (AvgIpc) is 2.25. The zero-order chi connectivity index (χ0) is 12.0. The maximum atomic E-state index is 11.1. The largest absolute Gasteiger partial charge is 0.493 e. The molecule has 0 saturated carbocycles. The highest BCUT2D eigenvalue weighted by Crippen LogP contribution is 2.20. The van der Waals surface area contributed by atoms with E-state index >= 15 is 0 Å². The first kappa shape index (κ1) is 12.5. The van der Waals surface area contributed by atoms with Crippen LogP contribution in [-0.4, -0.2) is 19.6 Å². The molecule has 1 aromatic carbocycles. The zero-order valence-corrected chi connectivity index (χ0v) is 9.96. The summed E-state index contributed by atoms with van der Waals surface area (Å²) in [6.07, 6.45) is 0.341. The molecule has 16 heavy (non-hydrogen) atoms. The van der Waals surface area contributed by atoms with Gasteiger partial charge in [0.25, 0.3) is 0 Å². The van der Waals surface area contributed by atoms with Crippen LogP contribution in [0, 0.1) is 13.8 Å². The van der Waals surface area contributed by atoms with Gasteiger partial charge in [-0.3, -0.25) is 10.2 Å². The van der Waals surface area contributed by atoms with E-state index in [-0.39, 0.29) is 5.91 Å². The van der Waals surface area contributed by atoms with E-state index in [1.165, 1.54) is 5.56 Å². The Morgan fingerprint density at radius 3 is 2.81 bits per heavy atom. The minimum atomic E-state index is -0.0761. The van der Waals surface area contributed by atoms with Gasteiger partial charge in [0.1, 0.15) is 5.75 Å². The van der Waals surface area contributed by atoms with Gasteiger partial charge in [-0.2, -0.15) is 0 Å². The van der Waals surface area contributed by atoms with Crippen molar-refractivity contribution in [2.75, 3.05) is 13.7 Å². The van der Waals surface area contributed by atoms with E-state index in [2.05, 4.69) is 10.9 Å². The van der Waals surface area contributed by atoms with Crippen LogP contribution >= 0.6 is 0 Å². The topological polar surface area (TPSA) is 50.4 Å². The number of benzene rings is 1. The monoisotopic (exact) mass is 222 g/mol. The van der Waals surface area contributed by atoms with Gasteiger partial charge in [0.15, 0.2) is 0 Å². The third-order valence-electron chi connectivity index (χ3n) is 2.41. The van der Waals surface area contributed by atoms with Crippen molar-refractivity contribution >= 4 is 5.91 Å². The Kier molecular flexibility index (Phi) is 4.79. The molecule has 0 spiro atoms. The molecule has 0 radical (unpaired) electrons. The molecule has 0 fully saturated rings. The highest BCUT2D eigenvalue weighted by atomic mass is 16.5. The molecule has 2 N–H and O–H groups in total. The van der Waals surface area contributed by atoms with Crippen LogP contribution in [0.3, 0.4) is 0 Å². The summed E-state index contributed by atoms with van der Waals surface area (Å²) in [7, 11) is 1.66. The van der Waals surface area contributed by atoms with Gasteiger partial charge in [0.2, 0.25) is 5.91 Å². The highest BCUT2D eigenvalue weighted by molar-refractivity contribution is 5.75. The van der Waals surface area contributed by atoms with E-state index in [0.717, 1.165) is 11.3 Å². The second kappa shape index (κ2) is 6.12. The van der Waals surface area contributed by atoms with Crippen LogP contribution in [0.4, 0.5) is 0 Å². The standard InChI is InChI=1S/C12H18N2O2/c1-9-5-4-6-11(10(9)2)16-8-7-12(15)14-13-3/h4-6,13H,7-8H2,1-3H3,(H,14,15). The van der Waals surface area contributed by atoms with Gasteiger partial charge in [-0.1, -0.05) is 12.1 Å². The van der Waals surface area contributed by atoms with Gasteiger partial charge in [-0.25, -0.2) is 5.43 Å². The summed E-state index contributed by atoms with van der Waals surface area (Å²) < 4.78 is 5.55. The summed E-state index contributed by atoms with van der Waals surface area (Å²) in [4.78, 5) is 11.1. The summed E-state index contributed by atoms with van der Waals surface area (Å²) in [6, 6.07) is 5.90. The van der Waals surface area contributed by atoms with Gasteiger partial charge in [-0.05, 0) is 31.0 Å². The van der Waals surface area contributed by atoms with Gasteiger partial charge >= 0.3 is 0 Å². The van der Waals surface area contributed by atoms with Crippen molar-refractivity contribution in [3.05, 3.63) is 29.3 Å². The summed E-state index contributed by atoms with van der Waals surface area (Å²) >= 11 is 0. The summed E-state index contributed by atoms with van der Waals surface area (Å²) in [5.41, 5.74) is 7.38. The third-order valence-corrected chi connectivity index (χ3v) is 2.41. The van der Waals surface area contributed by atoms with Gasteiger partial charge in [0, 0.05) is 7.05 Å². The lowest BCUT2D eigenvalue weighted by Crippen LogP contribution is -2.34. The molecular weight excluding hydrogens is 204 g/mol. The molecule has 0 unspecified atom stereocenters. The Balaban J connectivity index is 2.43. The van der Waals surface area contributed by atoms with Crippen LogP contribution in [-0.2, 0) is 4.79 Å². The molecular formula is C12H18N2O2. The van der Waals surface area contributed by atoms with Gasteiger partial charge in [0.05, 0.1) is 13.0 Å². The first-order valence-electron chi connectivity index (χ1n) is 5.29. The number of carbonyl (C=O) groups excluding carboxylic acids is 1. The van der Waals surface area contributed by atoms with Crippen LogP contribution in [0.15, 0.2) is 18.2 Å². The second-order valence-corrected chi connectivity index (χ2v) is 3.59. The maximum Gasteiger partial charge on any atom is 0.237 e. The fraction of sp³-hybridized carbons (Fsp3) is 0.417. The lowest BCUT2D eigenvalue weighted by molar-refractivity contribution is -0.122. The summed E-state index contributed by atoms with van der Waals surface area (Å²) in [5.74, 6) is 0.769. The van der Waals surface area contributed by atoms with Gasteiger partial charge < -0.3 is 4.74 Å². The van der Waals surface area contributed by atoms with E-state index < -0.39 is 0 Å². The molecule has 1 aromatic rings. The summed E-state index contributed by atoms with van der Waals surface area (Å²) in [5, 5.41) is 0. The third kappa shape index (κ3) is 3.55. The quantitative estimate of drug-likeness (QED) is 0.739. The molecule has 0 aliphatic rings. The lowest BCUT2D eigenvalue weighted by Gasteiger charge is -2.10. The lowest BCUT2D eigenvalue weighted by atomic mass is 10.1. The van der Waals surface area contributed by atoms with Crippen LogP contribution in [0.2, 0.25) is 0 Å². The molecule has 1 rings (SSSR count). The molecule has 0 aliphatic heterocycles. The normalized spacial score (nSPS) is 9.94. The first-order chi connectivity index (χ1) is 7.65. The number of amides is 1. The number of carbonyl (C=O) groups is 1. The van der Waals surface area contributed by atoms with E-state index in [0.29, 0.717) is 13.0 Å². The minimum Gasteiger partial charge on any atom is -0.493 e. The van der Waals surface area contributed by atoms with E-state index in [1.807, 2.05) is 32.0 Å². The number of ether oxygens (including phenoxy) is 1. The van der Waals surface area contributed by atoms with E-state index in [9.17, 15) is 4.79 Å². The van der Waals surface area contributed by atoms with E-state index in [1.54, 1.807) is 7.05 Å². The number of nitrogens with one attached hydrogen (secondary N) is 2. The molecule has 0 bridgehead atoms. The Bertz CT molecular complexity index is 364. The first-order valence-corrected chi connectivity index (χ1v) is 5.29. The maximum absolute atomic E-state index is 11.1. The number of hydrogen-bond acceptors (Lipinski definition) is 3. The minimum absolute atomic E-state index is 0.0761. The zero-order valence-electron chi connectivity index (χ0n) is 9.96. The molecule has 0 heterocycles. The Labute approximate surface area is 96.0 Å². The number of hydrazine groups is 1. The SMILES string of the molecule is CNNC(=O)CCOc1cccc(C)c1C. The van der Waals surface area contributed by atoms with Crippen molar-refractivity contribution in [3.63, 3.8) is 0 Å². The molecule has 0 aromatic heterocycles. The van der Waals surface area contributed by atoms with Crippen molar-refractivity contribution in [1.82, 2.24) is 10.9 Å². The van der Waals surface area contributed by atoms with E-state index in [4.69, 9.17) is 4.74 Å². The van der Waals surface area contributed by atoms with Crippen LogP contribution in [0.5, 0.6) is 5.75 Å². The molecule has 0 saturated heterocycles. The fourth-order valence-electron chi connectivity index (χ4n) is 1.34. The molecule has 0 aliphatic carbocycles. The van der Waals surface area contributed by atoms with Crippen molar-refractivity contribution in [1.29, 1.82) is 0 Å². The van der Waals surface area contributed by atoms with Crippen LogP contribution in [0.1, 0.15) is 17.5 Å². The highest BCUT2D eigenvalue weighted by Gasteiger charge is 2.03. The smallest absolute Gasteiger partial charge is 0.237 e. The molecule has 1 amide bonds. The van der Waals surface area contributed by atoms with Crippen molar-refractivity contribution in [2.45, 2.75) is 20.3 Å².